The van der Waals surface area contributed by atoms with Crippen LogP contribution in [0.15, 0.2) is 66.3 Å². The van der Waals surface area contributed by atoms with Crippen molar-refractivity contribution in [3.05, 3.63) is 83.3 Å². The summed E-state index contributed by atoms with van der Waals surface area (Å²) in [5, 5.41) is 5.51. The third-order valence-corrected chi connectivity index (χ3v) is 7.07. The molecule has 1 aliphatic rings. The number of ketones is 1. The van der Waals surface area contributed by atoms with Crippen molar-refractivity contribution >= 4 is 33.1 Å². The number of fused-ring (bicyclic) bond motifs is 2. The topological polar surface area (TPSA) is 75.4 Å². The van der Waals surface area contributed by atoms with Gasteiger partial charge in [-0.15, -0.1) is 11.3 Å². The maximum atomic E-state index is 13.1. The second-order valence-corrected chi connectivity index (χ2v) is 9.37. The van der Waals surface area contributed by atoms with Crippen LogP contribution in [0.2, 0.25) is 0 Å². The van der Waals surface area contributed by atoms with Gasteiger partial charge in [0.25, 0.3) is 0 Å². The van der Waals surface area contributed by atoms with Gasteiger partial charge in [-0.1, -0.05) is 36.4 Å². The number of imidazole rings is 1. The Morgan fingerprint density at radius 2 is 1.79 bits per heavy atom. The molecule has 0 spiro atoms. The van der Waals surface area contributed by atoms with E-state index >= 15 is 0 Å². The molecule has 1 aliphatic heterocycles. The molecule has 0 atom stereocenters. The standard InChI is InChI=1S/C26H24N6OS/c33-25(23-14-28-21-7-3-4-8-22(21)30-23)13-18-5-1-2-6-20(18)24-17-34-26-29-19(16-32(24)26)15-31-11-9-27-10-12-31/h1-8,14,16-17,27H,9-13,15H2. The molecule has 3 aromatic heterocycles. The highest BCUT2D eigenvalue weighted by Crippen LogP contribution is 2.30. The van der Waals surface area contributed by atoms with E-state index in [1.54, 1.807) is 17.5 Å². The van der Waals surface area contributed by atoms with Crippen LogP contribution in [0.25, 0.3) is 27.3 Å². The zero-order valence-corrected chi connectivity index (χ0v) is 19.5. The van der Waals surface area contributed by atoms with E-state index in [0.29, 0.717) is 5.69 Å². The predicted molar refractivity (Wildman–Crippen MR) is 134 cm³/mol. The van der Waals surface area contributed by atoms with Gasteiger partial charge in [-0.05, 0) is 17.7 Å². The summed E-state index contributed by atoms with van der Waals surface area (Å²) < 4.78 is 2.15. The van der Waals surface area contributed by atoms with Crippen LogP contribution in [0, 0.1) is 0 Å². The van der Waals surface area contributed by atoms with Crippen molar-refractivity contribution in [3.8, 4) is 11.3 Å². The zero-order chi connectivity index (χ0) is 22.9. The van der Waals surface area contributed by atoms with E-state index in [2.05, 4.69) is 42.2 Å². The number of piperazine rings is 1. The summed E-state index contributed by atoms with van der Waals surface area (Å²) in [6.45, 7) is 4.99. The summed E-state index contributed by atoms with van der Waals surface area (Å²) in [7, 11) is 0. The second-order valence-electron chi connectivity index (χ2n) is 8.53. The molecule has 0 radical (unpaired) electrons. The SMILES string of the molecule is O=C(Cc1ccccc1-c1csc2nc(CN3CCNCC3)cn12)c1cnc2ccccc2n1. The summed E-state index contributed by atoms with van der Waals surface area (Å²) in [5.74, 6) is -0.0396. The molecule has 6 rings (SSSR count). The normalized spacial score (nSPS) is 14.7. The largest absolute Gasteiger partial charge is 0.314 e. The van der Waals surface area contributed by atoms with Gasteiger partial charge in [0.05, 0.1) is 28.6 Å². The Morgan fingerprint density at radius 1 is 1.00 bits per heavy atom. The number of rotatable bonds is 6. The molecule has 2 aromatic carbocycles. The van der Waals surface area contributed by atoms with Crippen LogP contribution in [0.3, 0.4) is 0 Å². The minimum absolute atomic E-state index is 0.0396. The van der Waals surface area contributed by atoms with Crippen LogP contribution < -0.4 is 5.32 Å². The first-order valence-corrected chi connectivity index (χ1v) is 12.3. The van der Waals surface area contributed by atoms with Gasteiger partial charge >= 0.3 is 0 Å². The van der Waals surface area contributed by atoms with E-state index in [9.17, 15) is 4.79 Å². The van der Waals surface area contributed by atoms with Gasteiger partial charge in [0, 0.05) is 56.3 Å². The number of Topliss-reactive ketones (excluding diaryl/α,β-unsaturated/α-hetero) is 1. The average molecular weight is 469 g/mol. The Labute approximate surface area is 201 Å². The first-order chi connectivity index (χ1) is 16.7. The lowest BCUT2D eigenvalue weighted by Gasteiger charge is -2.26. The van der Waals surface area contributed by atoms with Gasteiger partial charge in [-0.3, -0.25) is 19.1 Å². The van der Waals surface area contributed by atoms with E-state index < -0.39 is 0 Å². The molecule has 7 nitrogen and oxygen atoms in total. The molecular weight excluding hydrogens is 444 g/mol. The average Bonchev–Trinajstić information content (AvgIpc) is 3.45. The Hall–Kier alpha value is -3.46. The Morgan fingerprint density at radius 3 is 2.68 bits per heavy atom. The van der Waals surface area contributed by atoms with Crippen LogP contribution in [0.5, 0.6) is 0 Å². The van der Waals surface area contributed by atoms with Crippen LogP contribution in [0.4, 0.5) is 0 Å². The number of hydrogen-bond acceptors (Lipinski definition) is 7. The Bertz CT molecular complexity index is 1480. The highest BCUT2D eigenvalue weighted by Gasteiger charge is 2.18. The molecule has 8 heteroatoms. The molecule has 5 aromatic rings. The summed E-state index contributed by atoms with van der Waals surface area (Å²) in [4.78, 5) is 30.3. The van der Waals surface area contributed by atoms with Crippen molar-refractivity contribution in [1.82, 2.24) is 29.6 Å². The molecule has 0 aliphatic carbocycles. The van der Waals surface area contributed by atoms with E-state index in [1.807, 2.05) is 42.5 Å². The number of para-hydroxylation sites is 2. The number of hydrogen-bond donors (Lipinski definition) is 1. The number of benzene rings is 2. The summed E-state index contributed by atoms with van der Waals surface area (Å²) in [6, 6.07) is 15.7. The van der Waals surface area contributed by atoms with Crippen molar-refractivity contribution < 1.29 is 4.79 Å². The summed E-state index contributed by atoms with van der Waals surface area (Å²) in [5.41, 5.74) is 6.07. The molecule has 1 fully saturated rings. The molecular formula is C26H24N6OS. The molecule has 0 unspecified atom stereocenters. The predicted octanol–water partition coefficient (Wildman–Crippen LogP) is 3.84. The Balaban J connectivity index is 1.28. The van der Waals surface area contributed by atoms with E-state index in [-0.39, 0.29) is 12.2 Å². The number of nitrogens with one attached hydrogen (secondary N) is 1. The molecule has 4 heterocycles. The fourth-order valence-electron chi connectivity index (χ4n) is 4.48. The van der Waals surface area contributed by atoms with E-state index in [1.165, 1.54) is 0 Å². The Kier molecular flexibility index (Phi) is 5.62. The van der Waals surface area contributed by atoms with Crippen molar-refractivity contribution in [1.29, 1.82) is 0 Å². The van der Waals surface area contributed by atoms with Gasteiger partial charge in [0.2, 0.25) is 0 Å². The highest BCUT2D eigenvalue weighted by molar-refractivity contribution is 7.15. The van der Waals surface area contributed by atoms with Crippen LogP contribution in [0.1, 0.15) is 21.7 Å². The minimum Gasteiger partial charge on any atom is -0.314 e. The zero-order valence-electron chi connectivity index (χ0n) is 18.6. The number of aromatic nitrogens is 4. The van der Waals surface area contributed by atoms with Crippen LogP contribution >= 0.6 is 11.3 Å². The quantitative estimate of drug-likeness (QED) is 0.382. The third-order valence-electron chi connectivity index (χ3n) is 6.23. The van der Waals surface area contributed by atoms with Gasteiger partial charge in [0.15, 0.2) is 10.7 Å². The van der Waals surface area contributed by atoms with Crippen LogP contribution in [-0.4, -0.2) is 56.2 Å². The minimum atomic E-state index is -0.0396. The first-order valence-electron chi connectivity index (χ1n) is 11.5. The second kappa shape index (κ2) is 9.06. The fraction of sp³-hybridized carbons (Fsp3) is 0.231. The van der Waals surface area contributed by atoms with Gasteiger partial charge < -0.3 is 5.32 Å². The summed E-state index contributed by atoms with van der Waals surface area (Å²) in [6.07, 6.45) is 3.98. The maximum absolute atomic E-state index is 13.1. The lowest BCUT2D eigenvalue weighted by atomic mass is 9.99. The fourth-order valence-corrected chi connectivity index (χ4v) is 5.37. The molecule has 34 heavy (non-hydrogen) atoms. The van der Waals surface area contributed by atoms with Crippen molar-refractivity contribution in [2.24, 2.45) is 0 Å². The van der Waals surface area contributed by atoms with Crippen LogP contribution in [-0.2, 0) is 13.0 Å². The van der Waals surface area contributed by atoms with Crippen molar-refractivity contribution in [2.45, 2.75) is 13.0 Å². The van der Waals surface area contributed by atoms with E-state index in [4.69, 9.17) is 4.98 Å². The number of thiazole rings is 1. The molecule has 1 saturated heterocycles. The number of carbonyl (C=O) groups excluding carboxylic acids is 1. The molecule has 0 bridgehead atoms. The number of carbonyl (C=O) groups is 1. The molecule has 170 valence electrons. The lowest BCUT2D eigenvalue weighted by Crippen LogP contribution is -2.42. The third kappa shape index (κ3) is 4.11. The molecule has 0 amide bonds. The van der Waals surface area contributed by atoms with E-state index in [0.717, 1.165) is 71.2 Å². The van der Waals surface area contributed by atoms with Gasteiger partial charge in [0.1, 0.15) is 5.69 Å². The monoisotopic (exact) mass is 468 g/mol. The van der Waals surface area contributed by atoms with Crippen molar-refractivity contribution in [3.63, 3.8) is 0 Å². The smallest absolute Gasteiger partial charge is 0.194 e. The molecule has 1 N–H and O–H groups in total. The first kappa shape index (κ1) is 21.1. The van der Waals surface area contributed by atoms with Crippen molar-refractivity contribution in [2.75, 3.05) is 26.2 Å². The van der Waals surface area contributed by atoms with Gasteiger partial charge in [-0.2, -0.15) is 0 Å². The highest BCUT2D eigenvalue weighted by atomic mass is 32.1. The molecule has 0 saturated carbocycles. The lowest BCUT2D eigenvalue weighted by molar-refractivity contribution is 0.0988. The van der Waals surface area contributed by atoms with Gasteiger partial charge in [-0.25, -0.2) is 9.97 Å². The number of nitrogens with zero attached hydrogens (tertiary/aromatic N) is 5. The summed E-state index contributed by atoms with van der Waals surface area (Å²) >= 11 is 1.63. The maximum Gasteiger partial charge on any atom is 0.194 e.